The first-order chi connectivity index (χ1) is 5.81. The summed E-state index contributed by atoms with van der Waals surface area (Å²) in [6.07, 6.45) is 0.470. The van der Waals surface area contributed by atoms with Crippen LogP contribution >= 0.6 is 7.37 Å². The predicted molar refractivity (Wildman–Crippen MR) is 51.2 cm³/mol. The van der Waals surface area contributed by atoms with Crippen LogP contribution in [0.3, 0.4) is 0 Å². The summed E-state index contributed by atoms with van der Waals surface area (Å²) in [5.41, 5.74) is -0.311. The number of rotatable bonds is 5. The minimum absolute atomic E-state index is 0.128. The van der Waals surface area contributed by atoms with Crippen molar-refractivity contribution in [2.45, 2.75) is 32.9 Å². The molecule has 3 atom stereocenters. The molecule has 0 aromatic rings. The van der Waals surface area contributed by atoms with Gasteiger partial charge >= 0.3 is 5.97 Å². The lowest BCUT2D eigenvalue weighted by molar-refractivity contribution is -0.140. The van der Waals surface area contributed by atoms with E-state index < -0.39 is 19.3 Å². The van der Waals surface area contributed by atoms with Crippen molar-refractivity contribution in [1.29, 1.82) is 0 Å². The van der Waals surface area contributed by atoms with Crippen LogP contribution < -0.4 is 0 Å². The lowest BCUT2D eigenvalue weighted by atomic mass is 10.2. The summed E-state index contributed by atoms with van der Waals surface area (Å²) in [5, 5.41) is 8.57. The Balaban J connectivity index is 4.33. The second-order valence-electron chi connectivity index (χ2n) is 3.43. The topological polar surface area (TPSA) is 74.6 Å². The van der Waals surface area contributed by atoms with Gasteiger partial charge in [0.2, 0.25) is 7.37 Å². The van der Waals surface area contributed by atoms with Crippen molar-refractivity contribution in [3.8, 4) is 0 Å². The minimum Gasteiger partial charge on any atom is -0.481 e. The quantitative estimate of drug-likeness (QED) is 0.675. The third kappa shape index (κ3) is 3.92. The normalized spacial score (nSPS) is 20.3. The molecule has 2 N–H and O–H groups in total. The molecular weight excluding hydrogens is 191 g/mol. The summed E-state index contributed by atoms with van der Waals surface area (Å²) in [4.78, 5) is 20.0. The molecule has 0 aromatic heterocycles. The van der Waals surface area contributed by atoms with Crippen molar-refractivity contribution < 1.29 is 19.4 Å². The van der Waals surface area contributed by atoms with E-state index in [-0.39, 0.29) is 11.8 Å². The zero-order chi connectivity index (χ0) is 10.6. The van der Waals surface area contributed by atoms with Gasteiger partial charge in [-0.15, -0.1) is 0 Å². The summed E-state index contributed by atoms with van der Waals surface area (Å²) in [6, 6.07) is 0. The van der Waals surface area contributed by atoms with E-state index in [0.29, 0.717) is 6.42 Å². The predicted octanol–water partition coefficient (Wildman–Crippen LogP) is 1.78. The van der Waals surface area contributed by atoms with Crippen molar-refractivity contribution >= 4 is 13.3 Å². The number of carboxylic acid groups (broad SMARTS) is 1. The van der Waals surface area contributed by atoms with Crippen LogP contribution in [0.5, 0.6) is 0 Å². The molecule has 0 aliphatic heterocycles. The maximum Gasteiger partial charge on any atom is 0.306 e. The Morgan fingerprint density at radius 3 is 2.23 bits per heavy atom. The Kier molecular flexibility index (Phi) is 4.65. The number of aliphatic carboxylic acids is 1. The van der Waals surface area contributed by atoms with Gasteiger partial charge in [0.15, 0.2) is 0 Å². The maximum atomic E-state index is 11.6. The average Bonchev–Trinajstić information content (AvgIpc) is 2.01. The third-order valence-electron chi connectivity index (χ3n) is 2.24. The highest BCUT2D eigenvalue weighted by atomic mass is 31.2. The summed E-state index contributed by atoms with van der Waals surface area (Å²) in [6.45, 7) is 4.95. The van der Waals surface area contributed by atoms with Crippen molar-refractivity contribution in [3.05, 3.63) is 0 Å². The number of hydrogen-bond acceptors (Lipinski definition) is 2. The maximum absolute atomic E-state index is 11.6. The number of carboxylic acids is 1. The van der Waals surface area contributed by atoms with E-state index in [0.717, 1.165) is 0 Å². The fourth-order valence-electron chi connectivity index (χ4n) is 0.936. The zero-order valence-electron chi connectivity index (χ0n) is 8.23. The Hall–Kier alpha value is -0.340. The molecule has 0 radical (unpaired) electrons. The van der Waals surface area contributed by atoms with E-state index in [1.54, 1.807) is 6.92 Å². The van der Waals surface area contributed by atoms with E-state index >= 15 is 0 Å². The van der Waals surface area contributed by atoms with Gasteiger partial charge in [-0.3, -0.25) is 9.36 Å². The minimum atomic E-state index is -3.27. The van der Waals surface area contributed by atoms with Gasteiger partial charge in [0.25, 0.3) is 0 Å². The highest BCUT2D eigenvalue weighted by molar-refractivity contribution is 7.58. The van der Waals surface area contributed by atoms with Crippen molar-refractivity contribution in [2.24, 2.45) is 5.92 Å². The molecule has 0 saturated carbocycles. The molecule has 0 saturated heterocycles. The molecule has 5 heteroatoms. The van der Waals surface area contributed by atoms with Gasteiger partial charge in [-0.1, -0.05) is 20.8 Å². The Bertz CT molecular complexity index is 226. The van der Waals surface area contributed by atoms with Gasteiger partial charge in [-0.2, -0.15) is 0 Å². The molecule has 0 fully saturated rings. The Morgan fingerprint density at radius 2 is 1.92 bits per heavy atom. The molecule has 0 rings (SSSR count). The molecule has 4 nitrogen and oxygen atoms in total. The molecule has 0 amide bonds. The molecule has 78 valence electrons. The number of hydrogen-bond donors (Lipinski definition) is 2. The first-order valence-corrected chi connectivity index (χ1v) is 6.27. The molecule has 0 aromatic carbocycles. The number of carbonyl (C=O) groups is 1. The van der Waals surface area contributed by atoms with Gasteiger partial charge in [-0.05, 0) is 6.42 Å². The van der Waals surface area contributed by atoms with E-state index in [4.69, 9.17) is 5.11 Å². The molecule has 3 unspecified atom stereocenters. The van der Waals surface area contributed by atoms with Gasteiger partial charge < -0.3 is 10.00 Å². The monoisotopic (exact) mass is 208 g/mol. The summed E-state index contributed by atoms with van der Waals surface area (Å²) in [5.74, 6) is -1.76. The van der Waals surface area contributed by atoms with Crippen LogP contribution in [0.1, 0.15) is 27.2 Å². The molecule has 0 aliphatic rings. The van der Waals surface area contributed by atoms with Gasteiger partial charge in [0.05, 0.1) is 5.92 Å². The summed E-state index contributed by atoms with van der Waals surface area (Å²) < 4.78 is 11.6. The Morgan fingerprint density at radius 1 is 1.46 bits per heavy atom. The zero-order valence-corrected chi connectivity index (χ0v) is 9.12. The van der Waals surface area contributed by atoms with Crippen LogP contribution in [0.2, 0.25) is 0 Å². The highest BCUT2D eigenvalue weighted by Gasteiger charge is 2.30. The van der Waals surface area contributed by atoms with Crippen LogP contribution in [-0.2, 0) is 9.36 Å². The average molecular weight is 208 g/mol. The molecular formula is C8H17O4P. The lowest BCUT2D eigenvalue weighted by Crippen LogP contribution is -2.17. The smallest absolute Gasteiger partial charge is 0.306 e. The second-order valence-corrected chi connectivity index (χ2v) is 6.19. The van der Waals surface area contributed by atoms with E-state index in [2.05, 4.69) is 0 Å². The van der Waals surface area contributed by atoms with Crippen LogP contribution in [0, 0.1) is 5.92 Å². The Labute approximate surface area is 78.4 Å². The second kappa shape index (κ2) is 4.77. The fraction of sp³-hybridized carbons (Fsp3) is 0.875. The van der Waals surface area contributed by atoms with Crippen LogP contribution in [0.25, 0.3) is 0 Å². The van der Waals surface area contributed by atoms with Gasteiger partial charge in [0, 0.05) is 11.8 Å². The van der Waals surface area contributed by atoms with E-state index in [9.17, 15) is 14.3 Å². The first-order valence-electron chi connectivity index (χ1n) is 4.35. The first kappa shape index (κ1) is 12.7. The van der Waals surface area contributed by atoms with Crippen LogP contribution in [0.15, 0.2) is 0 Å². The fourth-order valence-corrected chi connectivity index (χ4v) is 2.81. The third-order valence-corrected chi connectivity index (χ3v) is 5.05. The lowest BCUT2D eigenvalue weighted by Gasteiger charge is -2.19. The van der Waals surface area contributed by atoms with Crippen LogP contribution in [0.4, 0.5) is 0 Å². The molecule has 0 bridgehead atoms. The standard InChI is InChI=1S/C8H17O4P/c1-4-7(3)13(11,12)5-6(2)8(9)10/h6-7H,4-5H2,1-3H3,(H,9,10)(H,11,12). The van der Waals surface area contributed by atoms with E-state index in [1.807, 2.05) is 6.92 Å². The summed E-state index contributed by atoms with van der Waals surface area (Å²) >= 11 is 0. The SMILES string of the molecule is CCC(C)P(=O)(O)CC(C)C(=O)O. The van der Waals surface area contributed by atoms with E-state index in [1.165, 1.54) is 6.92 Å². The molecule has 0 spiro atoms. The molecule has 13 heavy (non-hydrogen) atoms. The van der Waals surface area contributed by atoms with Gasteiger partial charge in [-0.25, -0.2) is 0 Å². The van der Waals surface area contributed by atoms with Crippen molar-refractivity contribution in [2.75, 3.05) is 6.16 Å². The van der Waals surface area contributed by atoms with Crippen LogP contribution in [-0.4, -0.2) is 27.8 Å². The largest absolute Gasteiger partial charge is 0.481 e. The highest BCUT2D eigenvalue weighted by Crippen LogP contribution is 2.48. The van der Waals surface area contributed by atoms with Crippen molar-refractivity contribution in [3.63, 3.8) is 0 Å². The molecule has 0 heterocycles. The molecule has 0 aliphatic carbocycles. The van der Waals surface area contributed by atoms with Gasteiger partial charge in [0.1, 0.15) is 0 Å². The van der Waals surface area contributed by atoms with Crippen molar-refractivity contribution in [1.82, 2.24) is 0 Å². The summed E-state index contributed by atoms with van der Waals surface area (Å²) in [7, 11) is -3.27.